The maximum Gasteiger partial charge on any atom is 0.150 e. The molecule has 0 aromatic carbocycles. The molecular formula is C59H129N11O9S3. The number of ether oxygens (including phenoxy) is 9. The summed E-state index contributed by atoms with van der Waals surface area (Å²) >= 11 is 6.09. The molecule has 0 N–H and O–H groups in total. The second kappa shape index (κ2) is 55.3. The Balaban J connectivity index is 0.000000452. The largest absolute Gasteiger partial charge is 0.366 e. The summed E-state index contributed by atoms with van der Waals surface area (Å²) in [5, 5.41) is 0. The third kappa shape index (κ3) is 51.2. The van der Waals surface area contributed by atoms with Crippen molar-refractivity contribution < 1.29 is 42.6 Å². The molecule has 3 unspecified atom stereocenters. The Morgan fingerprint density at radius 1 is 0.354 bits per heavy atom. The molecule has 11 aliphatic heterocycles. The van der Waals surface area contributed by atoms with Crippen LogP contribution in [0.1, 0.15) is 91.9 Å². The number of rotatable bonds is 2. The molecule has 0 spiro atoms. The van der Waals surface area contributed by atoms with Crippen molar-refractivity contribution in [3.8, 4) is 0 Å². The standard InChI is InChI=1S/2C7H15NO.2C6H13NO.C6H13NS.2C5H11NO.C5H11NS.C4H9NO2.C4H9NO.C4H9NS/c1-6(2)7-4-8(3)5-9-7;1-8-5-3-2-4-6-9-7-8;1-7-4-2-3-5-8-6-7;1-3-6-4-7(2)5-8-6;1-7-4-2-3-5-8-6-7;1-5-3-6(2)4-7-5;2*1-6-3-2-4-7-5-6;1-5-2-6-4-7-3-5;2*1-5-2-3-6-4-5/h6-7H,4-5H2,1-3H3;2-7H2,1H3;2-6H2,1H3;6H,3-5H2,1-2H3;2-6H2,1H3;5H,3-4H2,1-2H3;2*2-5H2,1H3;2-4H2,1H3;2*2-4H2,1H3. The van der Waals surface area contributed by atoms with E-state index in [1.807, 2.05) is 54.3 Å². The highest BCUT2D eigenvalue weighted by atomic mass is 32.2. The first kappa shape index (κ1) is 80.3. The molecule has 82 heavy (non-hydrogen) atoms. The predicted octanol–water partition coefficient (Wildman–Crippen LogP) is 6.75. The van der Waals surface area contributed by atoms with E-state index < -0.39 is 0 Å². The van der Waals surface area contributed by atoms with Gasteiger partial charge in [0.05, 0.1) is 72.0 Å². The van der Waals surface area contributed by atoms with Crippen LogP contribution in [0.3, 0.4) is 0 Å². The lowest BCUT2D eigenvalue weighted by Crippen LogP contribution is -2.30. The highest BCUT2D eigenvalue weighted by Crippen LogP contribution is 2.15. The number of nitrogens with zero attached hydrogens (tertiary/aromatic N) is 11. The molecule has 11 fully saturated rings. The van der Waals surface area contributed by atoms with Gasteiger partial charge in [0.1, 0.15) is 20.3 Å². The molecule has 11 heterocycles. The molecule has 0 aromatic rings. The molecule has 0 aromatic heterocycles. The fourth-order valence-electron chi connectivity index (χ4n) is 8.50. The van der Waals surface area contributed by atoms with Gasteiger partial charge in [-0.15, -0.1) is 35.3 Å². The van der Waals surface area contributed by atoms with Gasteiger partial charge in [-0.2, -0.15) is 0 Å². The van der Waals surface area contributed by atoms with Crippen molar-refractivity contribution in [1.82, 2.24) is 53.9 Å². The molecule has 3 atom stereocenters. The second-order valence-corrected chi connectivity index (χ2v) is 27.0. The Bertz CT molecular complexity index is 1240. The van der Waals surface area contributed by atoms with Crippen LogP contribution in [0.15, 0.2) is 0 Å². The molecule has 0 aliphatic carbocycles. The van der Waals surface area contributed by atoms with Gasteiger partial charge in [0, 0.05) is 89.0 Å². The summed E-state index contributed by atoms with van der Waals surface area (Å²) in [6, 6.07) is 0. The Kier molecular flexibility index (Phi) is 54.2. The normalized spacial score (nSPS) is 27.1. The monoisotopic (exact) mass is 1230 g/mol. The van der Waals surface area contributed by atoms with Crippen molar-refractivity contribution in [2.75, 3.05) is 272 Å². The topological polar surface area (TPSA) is 119 Å². The lowest BCUT2D eigenvalue weighted by atomic mass is 10.1. The average molecular weight is 1230 g/mol. The Hall–Kier alpha value is 0.250. The van der Waals surface area contributed by atoms with Gasteiger partial charge in [0.15, 0.2) is 0 Å². The third-order valence-corrected chi connectivity index (χ3v) is 17.2. The zero-order valence-corrected chi connectivity index (χ0v) is 57.9. The first-order valence-electron chi connectivity index (χ1n) is 31.1. The Morgan fingerprint density at radius 2 is 0.780 bits per heavy atom. The summed E-state index contributed by atoms with van der Waals surface area (Å²) in [7, 11) is 23.0. The maximum atomic E-state index is 5.45. The minimum atomic E-state index is 0.449. The van der Waals surface area contributed by atoms with Crippen LogP contribution in [-0.4, -0.2) is 344 Å². The van der Waals surface area contributed by atoms with Gasteiger partial charge in [0.2, 0.25) is 0 Å². The molecule has 0 bridgehead atoms. The molecule has 11 aliphatic rings. The van der Waals surface area contributed by atoms with E-state index >= 15 is 0 Å². The zero-order valence-electron chi connectivity index (χ0n) is 55.4. The van der Waals surface area contributed by atoms with Gasteiger partial charge in [-0.3, -0.25) is 53.9 Å². The van der Waals surface area contributed by atoms with Crippen LogP contribution in [0.25, 0.3) is 0 Å². The van der Waals surface area contributed by atoms with Crippen LogP contribution in [0.2, 0.25) is 0 Å². The van der Waals surface area contributed by atoms with Gasteiger partial charge in [-0.25, -0.2) is 0 Å². The van der Waals surface area contributed by atoms with Crippen LogP contribution in [-0.2, 0) is 42.6 Å². The maximum absolute atomic E-state index is 5.45. The number of thioether (sulfide) groups is 3. The predicted molar refractivity (Wildman–Crippen MR) is 348 cm³/mol. The van der Waals surface area contributed by atoms with Crippen molar-refractivity contribution in [3.63, 3.8) is 0 Å². The van der Waals surface area contributed by atoms with Gasteiger partial charge in [-0.05, 0) is 186 Å². The zero-order chi connectivity index (χ0) is 60.4. The van der Waals surface area contributed by atoms with E-state index in [9.17, 15) is 0 Å². The second-order valence-electron chi connectivity index (χ2n) is 23.8. The van der Waals surface area contributed by atoms with Crippen LogP contribution in [0, 0.1) is 5.92 Å². The van der Waals surface area contributed by atoms with Crippen molar-refractivity contribution in [1.29, 1.82) is 0 Å². The summed E-state index contributed by atoms with van der Waals surface area (Å²) in [4.78, 5) is 24.3. The molecule has 492 valence electrons. The minimum absolute atomic E-state index is 0.449. The molecule has 11 rings (SSSR count). The average Bonchev–Trinajstić information content (AvgIpc) is 4.33. The van der Waals surface area contributed by atoms with Crippen LogP contribution in [0.5, 0.6) is 0 Å². The number of hydrogen-bond donors (Lipinski definition) is 0. The fraction of sp³-hybridized carbons (Fsp3) is 1.00. The Morgan fingerprint density at radius 3 is 1.13 bits per heavy atom. The summed E-state index contributed by atoms with van der Waals surface area (Å²) in [6.07, 6.45) is 14.3. The van der Waals surface area contributed by atoms with E-state index in [1.54, 1.807) is 0 Å². The Labute approximate surface area is 517 Å². The quantitative estimate of drug-likeness (QED) is 0.290. The van der Waals surface area contributed by atoms with Gasteiger partial charge >= 0.3 is 0 Å². The van der Waals surface area contributed by atoms with Gasteiger partial charge in [-0.1, -0.05) is 20.8 Å². The highest BCUT2D eigenvalue weighted by Gasteiger charge is 2.22. The molecular weight excluding hydrogens is 1100 g/mol. The van der Waals surface area contributed by atoms with Crippen LogP contribution in [0.4, 0.5) is 0 Å². The van der Waals surface area contributed by atoms with E-state index in [4.69, 9.17) is 42.6 Å². The van der Waals surface area contributed by atoms with E-state index in [0.717, 1.165) is 106 Å². The van der Waals surface area contributed by atoms with Crippen molar-refractivity contribution in [3.05, 3.63) is 0 Å². The molecule has 11 saturated heterocycles. The SMILES string of the molecule is CC(C)C1CN(C)CO1.CC1CN(C)CO1.CCC1CN(C)CO1.CN1CCCCCOC1.CN1CCCCOC1.CN1CCCCSC1.CN1CCCOC1.CN1CCCSC1.CN1CCOC1.CN1CCSC1.CN1COCOC1. The van der Waals surface area contributed by atoms with Crippen molar-refractivity contribution in [2.24, 2.45) is 5.92 Å². The van der Waals surface area contributed by atoms with Crippen molar-refractivity contribution >= 4 is 35.3 Å². The minimum Gasteiger partial charge on any atom is -0.366 e. The van der Waals surface area contributed by atoms with Crippen molar-refractivity contribution in [2.45, 2.75) is 110 Å². The molecule has 0 saturated carbocycles. The van der Waals surface area contributed by atoms with Crippen LogP contribution < -0.4 is 0 Å². The first-order chi connectivity index (χ1) is 39.5. The lowest BCUT2D eigenvalue weighted by Gasteiger charge is -2.21. The van der Waals surface area contributed by atoms with E-state index in [-0.39, 0.29) is 0 Å². The first-order valence-corrected chi connectivity index (χ1v) is 34.5. The summed E-state index contributed by atoms with van der Waals surface area (Å²) in [5.41, 5.74) is 0. The smallest absolute Gasteiger partial charge is 0.150 e. The fourth-order valence-corrected chi connectivity index (χ4v) is 11.4. The molecule has 23 heteroatoms. The van der Waals surface area contributed by atoms with E-state index in [1.165, 1.54) is 132 Å². The summed E-state index contributed by atoms with van der Waals surface area (Å²) in [6.45, 7) is 31.8. The lowest BCUT2D eigenvalue weighted by molar-refractivity contribution is -0.174. The van der Waals surface area contributed by atoms with Gasteiger partial charge < -0.3 is 42.6 Å². The summed E-state index contributed by atoms with van der Waals surface area (Å²) < 4.78 is 46.4. The highest BCUT2D eigenvalue weighted by molar-refractivity contribution is 7.99. The number of hydrogen-bond acceptors (Lipinski definition) is 23. The molecule has 0 radical (unpaired) electrons. The van der Waals surface area contributed by atoms with E-state index in [2.05, 4.69) is 140 Å². The third-order valence-electron chi connectivity index (χ3n) is 13.7. The summed E-state index contributed by atoms with van der Waals surface area (Å²) in [5.74, 6) is 8.43. The van der Waals surface area contributed by atoms with E-state index in [0.29, 0.717) is 44.5 Å². The molecule has 0 amide bonds. The van der Waals surface area contributed by atoms with Crippen LogP contribution >= 0.6 is 35.3 Å². The number of likely N-dealkylation sites (N-methyl/N-ethyl adjacent to an activating group) is 4. The van der Waals surface area contributed by atoms with Gasteiger partial charge in [0.25, 0.3) is 0 Å². The molecule has 20 nitrogen and oxygen atoms in total.